The summed E-state index contributed by atoms with van der Waals surface area (Å²) in [7, 11) is 2.31. The van der Waals surface area contributed by atoms with Crippen molar-refractivity contribution in [3.8, 4) is 0 Å². The van der Waals surface area contributed by atoms with E-state index in [0.717, 1.165) is 23.9 Å². The SMILES string of the molecule is CN(CCC1CC2CCC(C1)N2)CC1CC1. The summed E-state index contributed by atoms with van der Waals surface area (Å²) in [6, 6.07) is 1.75. The van der Waals surface area contributed by atoms with Gasteiger partial charge in [-0.25, -0.2) is 0 Å². The molecular weight excluding hydrogens is 196 g/mol. The fourth-order valence-electron chi connectivity index (χ4n) is 3.65. The third-order valence-electron chi connectivity index (χ3n) is 4.76. The maximum atomic E-state index is 3.74. The molecule has 2 atom stereocenters. The van der Waals surface area contributed by atoms with Gasteiger partial charge in [0.1, 0.15) is 0 Å². The van der Waals surface area contributed by atoms with E-state index in [1.54, 1.807) is 0 Å². The molecule has 3 rings (SSSR count). The van der Waals surface area contributed by atoms with Crippen LogP contribution in [0.2, 0.25) is 0 Å². The minimum atomic E-state index is 0.873. The lowest BCUT2D eigenvalue weighted by Crippen LogP contribution is -2.39. The molecule has 0 amide bonds. The van der Waals surface area contributed by atoms with Crippen molar-refractivity contribution in [3.63, 3.8) is 0 Å². The van der Waals surface area contributed by atoms with Crippen molar-refractivity contribution in [1.82, 2.24) is 10.2 Å². The van der Waals surface area contributed by atoms with E-state index < -0.39 is 0 Å². The molecule has 3 aliphatic rings. The Balaban J connectivity index is 1.37. The molecule has 2 unspecified atom stereocenters. The Morgan fingerprint density at radius 2 is 1.69 bits per heavy atom. The number of nitrogens with zero attached hydrogens (tertiary/aromatic N) is 1. The van der Waals surface area contributed by atoms with E-state index in [1.807, 2.05) is 0 Å². The van der Waals surface area contributed by atoms with Gasteiger partial charge in [-0.2, -0.15) is 0 Å². The van der Waals surface area contributed by atoms with Gasteiger partial charge in [0.25, 0.3) is 0 Å². The third-order valence-corrected chi connectivity index (χ3v) is 4.76. The van der Waals surface area contributed by atoms with Gasteiger partial charge < -0.3 is 10.2 Å². The number of nitrogens with one attached hydrogen (secondary N) is 1. The van der Waals surface area contributed by atoms with Crippen molar-refractivity contribution in [1.29, 1.82) is 0 Å². The van der Waals surface area contributed by atoms with Gasteiger partial charge in [0.2, 0.25) is 0 Å². The topological polar surface area (TPSA) is 15.3 Å². The normalized spacial score (nSPS) is 38.2. The number of hydrogen-bond donors (Lipinski definition) is 1. The average molecular weight is 222 g/mol. The van der Waals surface area contributed by atoms with Crippen LogP contribution < -0.4 is 5.32 Å². The van der Waals surface area contributed by atoms with E-state index in [0.29, 0.717) is 0 Å². The summed E-state index contributed by atoms with van der Waals surface area (Å²) in [4.78, 5) is 2.57. The Morgan fingerprint density at radius 3 is 2.31 bits per heavy atom. The second-order valence-corrected chi connectivity index (χ2v) is 6.47. The minimum absolute atomic E-state index is 0.873. The highest BCUT2D eigenvalue weighted by Gasteiger charge is 2.33. The lowest BCUT2D eigenvalue weighted by atomic mass is 9.89. The van der Waals surface area contributed by atoms with Gasteiger partial charge in [-0.15, -0.1) is 0 Å². The lowest BCUT2D eigenvalue weighted by Gasteiger charge is -2.30. The van der Waals surface area contributed by atoms with E-state index >= 15 is 0 Å². The van der Waals surface area contributed by atoms with Crippen molar-refractivity contribution >= 4 is 0 Å². The van der Waals surface area contributed by atoms with Crippen LogP contribution >= 0.6 is 0 Å². The van der Waals surface area contributed by atoms with E-state index in [9.17, 15) is 0 Å². The number of rotatable bonds is 5. The van der Waals surface area contributed by atoms with Gasteiger partial charge in [0.05, 0.1) is 0 Å². The summed E-state index contributed by atoms with van der Waals surface area (Å²) in [5.74, 6) is 2.06. The van der Waals surface area contributed by atoms with Crippen molar-refractivity contribution < 1.29 is 0 Å². The molecular formula is C14H26N2. The highest BCUT2D eigenvalue weighted by atomic mass is 15.1. The predicted molar refractivity (Wildman–Crippen MR) is 67.5 cm³/mol. The van der Waals surface area contributed by atoms with Crippen LogP contribution in [0.4, 0.5) is 0 Å². The van der Waals surface area contributed by atoms with Crippen molar-refractivity contribution in [2.24, 2.45) is 11.8 Å². The summed E-state index contributed by atoms with van der Waals surface area (Å²) in [5, 5.41) is 3.74. The van der Waals surface area contributed by atoms with Crippen LogP contribution in [-0.2, 0) is 0 Å². The standard InChI is InChI=1S/C14H26N2/c1-16(10-11-2-3-11)7-6-12-8-13-4-5-14(9-12)15-13/h11-15H,2-10H2,1H3. The van der Waals surface area contributed by atoms with Crippen LogP contribution in [0.5, 0.6) is 0 Å². The van der Waals surface area contributed by atoms with Gasteiger partial charge >= 0.3 is 0 Å². The zero-order chi connectivity index (χ0) is 11.0. The van der Waals surface area contributed by atoms with Gasteiger partial charge in [0, 0.05) is 18.6 Å². The van der Waals surface area contributed by atoms with Crippen LogP contribution in [0.1, 0.15) is 44.9 Å². The maximum Gasteiger partial charge on any atom is 0.00728 e. The first-order valence-electron chi connectivity index (χ1n) is 7.24. The second-order valence-electron chi connectivity index (χ2n) is 6.47. The monoisotopic (exact) mass is 222 g/mol. The molecule has 2 heterocycles. The molecule has 0 aromatic rings. The Kier molecular flexibility index (Phi) is 3.21. The van der Waals surface area contributed by atoms with Gasteiger partial charge in [-0.3, -0.25) is 0 Å². The quantitative estimate of drug-likeness (QED) is 0.767. The highest BCUT2D eigenvalue weighted by molar-refractivity contribution is 4.92. The van der Waals surface area contributed by atoms with E-state index in [2.05, 4.69) is 17.3 Å². The van der Waals surface area contributed by atoms with Crippen LogP contribution in [0, 0.1) is 11.8 Å². The molecule has 0 radical (unpaired) electrons. The summed E-state index contributed by atoms with van der Waals surface area (Å²) >= 11 is 0. The molecule has 1 saturated carbocycles. The molecule has 1 aliphatic carbocycles. The Labute approximate surface area is 99.8 Å². The molecule has 92 valence electrons. The molecule has 2 bridgehead atoms. The van der Waals surface area contributed by atoms with Gasteiger partial charge in [-0.05, 0) is 70.4 Å². The lowest BCUT2D eigenvalue weighted by molar-refractivity contribution is 0.238. The first-order chi connectivity index (χ1) is 7.79. The van der Waals surface area contributed by atoms with Crippen LogP contribution in [0.3, 0.4) is 0 Å². The molecule has 0 aromatic carbocycles. The zero-order valence-electron chi connectivity index (χ0n) is 10.6. The second kappa shape index (κ2) is 4.66. The van der Waals surface area contributed by atoms with Gasteiger partial charge in [0.15, 0.2) is 0 Å². The van der Waals surface area contributed by atoms with Crippen molar-refractivity contribution in [2.75, 3.05) is 20.1 Å². The fourth-order valence-corrected chi connectivity index (χ4v) is 3.65. The van der Waals surface area contributed by atoms with E-state index in [4.69, 9.17) is 0 Å². The number of hydrogen-bond acceptors (Lipinski definition) is 2. The van der Waals surface area contributed by atoms with Crippen LogP contribution in [-0.4, -0.2) is 37.1 Å². The zero-order valence-corrected chi connectivity index (χ0v) is 10.6. The van der Waals surface area contributed by atoms with E-state index in [-0.39, 0.29) is 0 Å². The molecule has 2 nitrogen and oxygen atoms in total. The molecule has 2 saturated heterocycles. The Bertz CT molecular complexity index is 225. The fraction of sp³-hybridized carbons (Fsp3) is 1.00. The average Bonchev–Trinajstić information content (AvgIpc) is 3.01. The Morgan fingerprint density at radius 1 is 1.00 bits per heavy atom. The van der Waals surface area contributed by atoms with Crippen molar-refractivity contribution in [2.45, 2.75) is 57.0 Å². The molecule has 2 heteroatoms. The molecule has 1 N–H and O–H groups in total. The van der Waals surface area contributed by atoms with Crippen LogP contribution in [0.15, 0.2) is 0 Å². The predicted octanol–water partition coefficient (Wildman–Crippen LogP) is 2.25. The molecule has 3 fully saturated rings. The first-order valence-corrected chi connectivity index (χ1v) is 7.24. The third kappa shape index (κ3) is 2.78. The molecule has 0 spiro atoms. The molecule has 2 aliphatic heterocycles. The first kappa shape index (κ1) is 11.0. The summed E-state index contributed by atoms with van der Waals surface area (Å²) in [6.45, 7) is 2.69. The summed E-state index contributed by atoms with van der Waals surface area (Å²) in [6.07, 6.45) is 10.2. The van der Waals surface area contributed by atoms with E-state index in [1.165, 1.54) is 58.0 Å². The maximum absolute atomic E-state index is 3.74. The largest absolute Gasteiger partial charge is 0.311 e. The van der Waals surface area contributed by atoms with Crippen molar-refractivity contribution in [3.05, 3.63) is 0 Å². The summed E-state index contributed by atoms with van der Waals surface area (Å²) in [5.41, 5.74) is 0. The van der Waals surface area contributed by atoms with Crippen LogP contribution in [0.25, 0.3) is 0 Å². The molecule has 0 aromatic heterocycles. The number of fused-ring (bicyclic) bond motifs is 2. The summed E-state index contributed by atoms with van der Waals surface area (Å²) < 4.78 is 0. The number of piperidine rings is 1. The molecule has 16 heavy (non-hydrogen) atoms. The Hall–Kier alpha value is -0.0800. The highest BCUT2D eigenvalue weighted by Crippen LogP contribution is 2.33. The smallest absolute Gasteiger partial charge is 0.00728 e. The minimum Gasteiger partial charge on any atom is -0.311 e. The van der Waals surface area contributed by atoms with Gasteiger partial charge in [-0.1, -0.05) is 0 Å².